The highest BCUT2D eigenvalue weighted by atomic mass is 32.1. The molecule has 0 aromatic carbocycles. The lowest BCUT2D eigenvalue weighted by Gasteiger charge is -2.28. The number of hydrogen-bond acceptors (Lipinski definition) is 5. The van der Waals surface area contributed by atoms with E-state index in [1.54, 1.807) is 14.2 Å². The van der Waals surface area contributed by atoms with Crippen molar-refractivity contribution in [3.8, 4) is 0 Å². The van der Waals surface area contributed by atoms with Crippen LogP contribution in [-0.2, 0) is 27.9 Å². The number of thiophene rings is 1. The Balaban J connectivity index is 1.81. The van der Waals surface area contributed by atoms with Gasteiger partial charge in [-0.05, 0) is 37.1 Å². The normalized spacial score (nSPS) is 30.0. The van der Waals surface area contributed by atoms with Crippen molar-refractivity contribution in [2.75, 3.05) is 14.2 Å². The molecular weight excluding hydrogens is 334 g/mol. The van der Waals surface area contributed by atoms with Crippen LogP contribution in [0.15, 0.2) is 17.5 Å². The zero-order valence-corrected chi connectivity index (χ0v) is 15.9. The monoisotopic (exact) mass is 361 g/mol. The van der Waals surface area contributed by atoms with Gasteiger partial charge in [-0.25, -0.2) is 0 Å². The van der Waals surface area contributed by atoms with Crippen LogP contribution in [0.3, 0.4) is 0 Å². The fourth-order valence-electron chi connectivity index (χ4n) is 4.56. The van der Waals surface area contributed by atoms with Crippen molar-refractivity contribution in [1.82, 2.24) is 14.8 Å². The summed E-state index contributed by atoms with van der Waals surface area (Å²) < 4.78 is 14.0. The van der Waals surface area contributed by atoms with Gasteiger partial charge in [0.25, 0.3) is 0 Å². The van der Waals surface area contributed by atoms with E-state index in [1.807, 2.05) is 11.3 Å². The Morgan fingerprint density at radius 2 is 1.84 bits per heavy atom. The van der Waals surface area contributed by atoms with E-state index in [2.05, 4.69) is 27.2 Å². The second-order valence-corrected chi connectivity index (χ2v) is 8.22. The highest BCUT2D eigenvalue weighted by molar-refractivity contribution is 7.10. The van der Waals surface area contributed by atoms with E-state index in [9.17, 15) is 0 Å². The molecule has 3 atom stereocenters. The maximum absolute atomic E-state index is 5.78. The lowest BCUT2D eigenvalue weighted by Crippen LogP contribution is -2.30. The molecule has 25 heavy (non-hydrogen) atoms. The molecule has 136 valence electrons. The number of fused-ring (bicyclic) bond motifs is 1. The SMILES string of the molecule is CO[C@H]1C[C@](c2cccs2)(c2nnc3n2CCCCCC3)C[C@H]1OC. The molecule has 0 saturated heterocycles. The second kappa shape index (κ2) is 7.17. The van der Waals surface area contributed by atoms with E-state index in [1.165, 1.54) is 30.6 Å². The summed E-state index contributed by atoms with van der Waals surface area (Å²) in [6, 6.07) is 4.37. The Bertz CT molecular complexity index is 686. The first-order chi connectivity index (χ1) is 12.3. The molecule has 2 aliphatic rings. The Kier molecular flexibility index (Phi) is 4.93. The third-order valence-corrected chi connectivity index (χ3v) is 6.97. The van der Waals surface area contributed by atoms with Gasteiger partial charge in [-0.15, -0.1) is 21.5 Å². The summed E-state index contributed by atoms with van der Waals surface area (Å²) in [5.74, 6) is 2.27. The van der Waals surface area contributed by atoms with Crippen molar-refractivity contribution in [3.05, 3.63) is 34.0 Å². The van der Waals surface area contributed by atoms with E-state index in [0.717, 1.165) is 37.5 Å². The van der Waals surface area contributed by atoms with Crippen LogP contribution in [0.4, 0.5) is 0 Å². The minimum Gasteiger partial charge on any atom is -0.379 e. The molecule has 5 nitrogen and oxygen atoms in total. The number of rotatable bonds is 4. The Hall–Kier alpha value is -1.24. The Labute approximate surface area is 153 Å². The molecule has 0 amide bonds. The Morgan fingerprint density at radius 1 is 1.08 bits per heavy atom. The standard InChI is InChI=1S/C19H27N3O2S/c1-23-14-12-19(13-15(14)24-2,16-8-7-11-25-16)18-21-20-17-9-5-3-4-6-10-22(17)18/h7-8,11,14-15H,3-6,9-10,12-13H2,1-2H3/t14-,15+,19-. The smallest absolute Gasteiger partial charge is 0.144 e. The first-order valence-electron chi connectivity index (χ1n) is 9.30. The van der Waals surface area contributed by atoms with E-state index < -0.39 is 0 Å². The van der Waals surface area contributed by atoms with Crippen LogP contribution in [0.25, 0.3) is 0 Å². The number of methoxy groups -OCH3 is 2. The van der Waals surface area contributed by atoms with Crippen molar-refractivity contribution >= 4 is 11.3 Å². The summed E-state index contributed by atoms with van der Waals surface area (Å²) in [4.78, 5) is 1.35. The number of hydrogen-bond donors (Lipinski definition) is 0. The molecule has 1 aliphatic heterocycles. The quantitative estimate of drug-likeness (QED) is 0.835. The van der Waals surface area contributed by atoms with Crippen LogP contribution in [0.5, 0.6) is 0 Å². The van der Waals surface area contributed by atoms with Crippen molar-refractivity contribution in [1.29, 1.82) is 0 Å². The molecular formula is C19H27N3O2S. The lowest BCUT2D eigenvalue weighted by molar-refractivity contribution is -0.0157. The zero-order valence-electron chi connectivity index (χ0n) is 15.1. The van der Waals surface area contributed by atoms with Gasteiger partial charge in [0, 0.05) is 32.1 Å². The van der Waals surface area contributed by atoms with Crippen LogP contribution in [0.2, 0.25) is 0 Å². The maximum Gasteiger partial charge on any atom is 0.144 e. The van der Waals surface area contributed by atoms with Gasteiger partial charge < -0.3 is 14.0 Å². The summed E-state index contributed by atoms with van der Waals surface area (Å²) >= 11 is 1.81. The fourth-order valence-corrected chi connectivity index (χ4v) is 5.51. The van der Waals surface area contributed by atoms with E-state index in [4.69, 9.17) is 14.6 Å². The molecule has 3 heterocycles. The first-order valence-corrected chi connectivity index (χ1v) is 10.2. The number of ether oxygens (including phenoxy) is 2. The number of aryl methyl sites for hydroxylation is 1. The molecule has 0 unspecified atom stereocenters. The summed E-state index contributed by atoms with van der Waals surface area (Å²) in [6.45, 7) is 1.03. The largest absolute Gasteiger partial charge is 0.379 e. The molecule has 2 aromatic heterocycles. The number of aromatic nitrogens is 3. The minimum absolute atomic E-state index is 0.0913. The lowest BCUT2D eigenvalue weighted by atomic mass is 9.83. The summed E-state index contributed by atoms with van der Waals surface area (Å²) in [6.07, 6.45) is 8.05. The molecule has 1 aliphatic carbocycles. The predicted molar refractivity (Wildman–Crippen MR) is 98.1 cm³/mol. The second-order valence-electron chi connectivity index (χ2n) is 7.27. The van der Waals surface area contributed by atoms with Crippen LogP contribution in [-0.4, -0.2) is 41.2 Å². The third-order valence-electron chi connectivity index (χ3n) is 5.90. The first kappa shape index (κ1) is 17.2. The van der Waals surface area contributed by atoms with Crippen LogP contribution in [0.1, 0.15) is 55.1 Å². The number of nitrogens with zero attached hydrogens (tertiary/aromatic N) is 3. The molecule has 1 saturated carbocycles. The van der Waals surface area contributed by atoms with Gasteiger partial charge in [-0.2, -0.15) is 0 Å². The molecule has 2 aromatic rings. The van der Waals surface area contributed by atoms with Gasteiger partial charge >= 0.3 is 0 Å². The summed E-state index contributed by atoms with van der Waals surface area (Å²) in [5, 5.41) is 11.5. The van der Waals surface area contributed by atoms with E-state index in [-0.39, 0.29) is 17.6 Å². The fraction of sp³-hybridized carbons (Fsp3) is 0.684. The summed E-state index contributed by atoms with van der Waals surface area (Å²) in [5.41, 5.74) is -0.153. The van der Waals surface area contributed by atoms with E-state index >= 15 is 0 Å². The summed E-state index contributed by atoms with van der Waals surface area (Å²) in [7, 11) is 3.57. The van der Waals surface area contributed by atoms with Crippen LogP contribution < -0.4 is 0 Å². The highest BCUT2D eigenvalue weighted by Gasteiger charge is 2.52. The molecule has 0 bridgehead atoms. The van der Waals surface area contributed by atoms with Crippen molar-refractivity contribution in [3.63, 3.8) is 0 Å². The van der Waals surface area contributed by atoms with Gasteiger partial charge in [0.1, 0.15) is 11.6 Å². The zero-order chi connectivity index (χ0) is 17.3. The van der Waals surface area contributed by atoms with Crippen molar-refractivity contribution in [2.45, 2.75) is 69.1 Å². The van der Waals surface area contributed by atoms with Gasteiger partial charge in [0.15, 0.2) is 0 Å². The maximum atomic E-state index is 5.78. The van der Waals surface area contributed by atoms with Gasteiger partial charge in [-0.3, -0.25) is 0 Å². The van der Waals surface area contributed by atoms with Crippen molar-refractivity contribution in [2.24, 2.45) is 0 Å². The minimum atomic E-state index is -0.153. The molecule has 0 spiro atoms. The van der Waals surface area contributed by atoms with E-state index in [0.29, 0.717) is 0 Å². The van der Waals surface area contributed by atoms with Gasteiger partial charge in [-0.1, -0.05) is 18.9 Å². The highest BCUT2D eigenvalue weighted by Crippen LogP contribution is 2.49. The topological polar surface area (TPSA) is 49.2 Å². The molecule has 4 rings (SSSR count). The average molecular weight is 362 g/mol. The molecule has 0 N–H and O–H groups in total. The molecule has 0 radical (unpaired) electrons. The van der Waals surface area contributed by atoms with Crippen molar-refractivity contribution < 1.29 is 9.47 Å². The Morgan fingerprint density at radius 3 is 2.52 bits per heavy atom. The van der Waals surface area contributed by atoms with Crippen LogP contribution >= 0.6 is 11.3 Å². The van der Waals surface area contributed by atoms with Crippen LogP contribution in [0, 0.1) is 0 Å². The third kappa shape index (κ3) is 2.94. The molecule has 6 heteroatoms. The average Bonchev–Trinajstić information content (AvgIpc) is 3.32. The molecule has 1 fully saturated rings. The van der Waals surface area contributed by atoms with Gasteiger partial charge in [0.05, 0.1) is 17.6 Å². The predicted octanol–water partition coefficient (Wildman–Crippen LogP) is 3.57. The van der Waals surface area contributed by atoms with Gasteiger partial charge in [0.2, 0.25) is 0 Å².